The lowest BCUT2D eigenvalue weighted by Crippen LogP contribution is -2.50. The Labute approximate surface area is 128 Å². The van der Waals surface area contributed by atoms with Crippen molar-refractivity contribution in [2.45, 2.75) is 4.90 Å². The monoisotopic (exact) mass is 332 g/mol. The van der Waals surface area contributed by atoms with Crippen molar-refractivity contribution in [3.05, 3.63) is 23.5 Å². The van der Waals surface area contributed by atoms with E-state index in [1.165, 1.54) is 16.6 Å². The number of likely N-dealkylation sites (N-methyl/N-ethyl adjacent to an activating group) is 1. The Morgan fingerprint density at radius 2 is 2.05 bits per heavy atom. The predicted octanol–water partition coefficient (Wildman–Crippen LogP) is -0.213. The lowest BCUT2D eigenvalue weighted by atomic mass is 10.3. The second-order valence-electron chi connectivity index (χ2n) is 4.65. The van der Waals surface area contributed by atoms with Crippen molar-refractivity contribution in [1.82, 2.24) is 19.5 Å². The molecule has 1 aromatic rings. The molecule has 0 unspecified atom stereocenters. The van der Waals surface area contributed by atoms with Crippen LogP contribution in [0.5, 0.6) is 0 Å². The van der Waals surface area contributed by atoms with E-state index in [1.807, 2.05) is 4.90 Å². The van der Waals surface area contributed by atoms with E-state index in [1.54, 1.807) is 13.1 Å². The van der Waals surface area contributed by atoms with Gasteiger partial charge in [-0.2, -0.15) is 4.31 Å². The smallest absolute Gasteiger partial charge is 0.246 e. The Hall–Kier alpha value is -1.22. The zero-order valence-corrected chi connectivity index (χ0v) is 13.2. The average Bonchev–Trinajstić information content (AvgIpc) is 2.48. The van der Waals surface area contributed by atoms with Gasteiger partial charge >= 0.3 is 0 Å². The van der Waals surface area contributed by atoms with Crippen molar-refractivity contribution < 1.29 is 13.2 Å². The summed E-state index contributed by atoms with van der Waals surface area (Å²) in [7, 11) is -2.06. The molecule has 1 N–H and O–H groups in total. The number of nitrogens with zero attached hydrogens (tertiary/aromatic N) is 3. The third-order valence-corrected chi connectivity index (χ3v) is 5.66. The van der Waals surface area contributed by atoms with Crippen LogP contribution in [0.25, 0.3) is 0 Å². The fraction of sp³-hybridized carbons (Fsp3) is 0.500. The van der Waals surface area contributed by atoms with Gasteiger partial charge in [-0.3, -0.25) is 9.69 Å². The molecule has 116 valence electrons. The molecule has 0 aliphatic carbocycles. The van der Waals surface area contributed by atoms with Gasteiger partial charge in [-0.1, -0.05) is 11.6 Å². The number of carbonyl (C=O) groups excluding carboxylic acids is 1. The van der Waals surface area contributed by atoms with Crippen LogP contribution >= 0.6 is 11.6 Å². The summed E-state index contributed by atoms with van der Waals surface area (Å²) in [6.45, 7) is 1.93. The molecule has 21 heavy (non-hydrogen) atoms. The topological polar surface area (TPSA) is 82.6 Å². The second-order valence-corrected chi connectivity index (χ2v) is 6.91. The van der Waals surface area contributed by atoms with E-state index in [4.69, 9.17) is 11.6 Å². The van der Waals surface area contributed by atoms with Crippen LogP contribution in [0.4, 0.5) is 0 Å². The van der Waals surface area contributed by atoms with Crippen molar-refractivity contribution >= 4 is 27.5 Å². The Morgan fingerprint density at radius 3 is 2.62 bits per heavy atom. The minimum atomic E-state index is -3.64. The number of pyridine rings is 1. The average molecular weight is 333 g/mol. The summed E-state index contributed by atoms with van der Waals surface area (Å²) in [6, 6.07) is 2.99. The summed E-state index contributed by atoms with van der Waals surface area (Å²) >= 11 is 5.86. The third-order valence-electron chi connectivity index (χ3n) is 3.32. The van der Waals surface area contributed by atoms with E-state index in [0.29, 0.717) is 26.2 Å². The summed E-state index contributed by atoms with van der Waals surface area (Å²) in [5, 5.41) is 2.53. The molecule has 0 atom stereocenters. The van der Waals surface area contributed by atoms with Crippen LogP contribution in [-0.4, -0.2) is 68.3 Å². The van der Waals surface area contributed by atoms with Crippen molar-refractivity contribution in [2.75, 3.05) is 39.8 Å². The number of nitrogens with one attached hydrogen (secondary N) is 1. The van der Waals surface area contributed by atoms with Gasteiger partial charge in [0.25, 0.3) is 0 Å². The number of rotatable bonds is 4. The van der Waals surface area contributed by atoms with Gasteiger partial charge in [0, 0.05) is 39.4 Å². The maximum Gasteiger partial charge on any atom is 0.246 e. The first kappa shape index (κ1) is 16.2. The van der Waals surface area contributed by atoms with Crippen LogP contribution in [0.15, 0.2) is 23.2 Å². The van der Waals surface area contributed by atoms with Gasteiger partial charge in [0.1, 0.15) is 10.0 Å². The lowest BCUT2D eigenvalue weighted by molar-refractivity contribution is -0.122. The molecule has 0 spiro atoms. The molecule has 2 rings (SSSR count). The number of piperazine rings is 1. The minimum absolute atomic E-state index is 0.0198. The van der Waals surface area contributed by atoms with Crippen molar-refractivity contribution in [1.29, 1.82) is 0 Å². The van der Waals surface area contributed by atoms with Gasteiger partial charge in [0.05, 0.1) is 6.54 Å². The molecule has 0 saturated carbocycles. The summed E-state index contributed by atoms with van der Waals surface area (Å²) in [6.07, 6.45) is 1.45. The van der Waals surface area contributed by atoms with E-state index in [0.717, 1.165) is 0 Å². The maximum absolute atomic E-state index is 12.5. The van der Waals surface area contributed by atoms with Gasteiger partial charge in [-0.25, -0.2) is 13.4 Å². The minimum Gasteiger partial charge on any atom is -0.358 e. The molecule has 1 aromatic heterocycles. The molecule has 0 radical (unpaired) electrons. The fourth-order valence-corrected chi connectivity index (χ4v) is 3.96. The molecule has 2 heterocycles. The van der Waals surface area contributed by atoms with Gasteiger partial charge < -0.3 is 5.32 Å². The van der Waals surface area contributed by atoms with Crippen LogP contribution in [0.3, 0.4) is 0 Å². The maximum atomic E-state index is 12.5. The van der Waals surface area contributed by atoms with Crippen LogP contribution in [0.1, 0.15) is 0 Å². The van der Waals surface area contributed by atoms with E-state index >= 15 is 0 Å². The van der Waals surface area contributed by atoms with Crippen LogP contribution in [-0.2, 0) is 14.8 Å². The first-order chi connectivity index (χ1) is 9.95. The zero-order valence-electron chi connectivity index (χ0n) is 11.6. The highest BCUT2D eigenvalue weighted by Crippen LogP contribution is 2.23. The molecule has 1 amide bonds. The number of hydrogen-bond acceptors (Lipinski definition) is 5. The molecule has 9 heteroatoms. The summed E-state index contributed by atoms with van der Waals surface area (Å²) < 4.78 is 26.4. The van der Waals surface area contributed by atoms with Gasteiger partial charge in [0.15, 0.2) is 0 Å². The molecule has 1 saturated heterocycles. The molecule has 0 bridgehead atoms. The zero-order chi connectivity index (χ0) is 15.5. The third kappa shape index (κ3) is 3.70. The Morgan fingerprint density at radius 1 is 1.38 bits per heavy atom. The highest BCUT2D eigenvalue weighted by atomic mass is 35.5. The number of halogens is 1. The SMILES string of the molecule is CNC(=O)CN1CCN(S(=O)(=O)c2cccnc2Cl)CC1. The van der Waals surface area contributed by atoms with Crippen molar-refractivity contribution in [3.8, 4) is 0 Å². The Balaban J connectivity index is 2.05. The predicted molar refractivity (Wildman–Crippen MR) is 78.5 cm³/mol. The van der Waals surface area contributed by atoms with Gasteiger partial charge in [0.2, 0.25) is 15.9 Å². The summed E-state index contributed by atoms with van der Waals surface area (Å²) in [5.41, 5.74) is 0. The highest BCUT2D eigenvalue weighted by Gasteiger charge is 2.30. The van der Waals surface area contributed by atoms with Crippen LogP contribution in [0.2, 0.25) is 5.15 Å². The van der Waals surface area contributed by atoms with E-state index in [9.17, 15) is 13.2 Å². The van der Waals surface area contributed by atoms with Crippen LogP contribution < -0.4 is 5.32 Å². The number of carbonyl (C=O) groups is 1. The summed E-state index contributed by atoms with van der Waals surface area (Å²) in [4.78, 5) is 17.0. The number of sulfonamides is 1. The molecular weight excluding hydrogens is 316 g/mol. The fourth-order valence-electron chi connectivity index (χ4n) is 2.11. The second kappa shape index (κ2) is 6.69. The standard InChI is InChI=1S/C12H17ClN4O3S/c1-14-11(18)9-16-5-7-17(8-6-16)21(19,20)10-3-2-4-15-12(10)13/h2-4H,5-9H2,1H3,(H,14,18). The van der Waals surface area contributed by atoms with Crippen molar-refractivity contribution in [3.63, 3.8) is 0 Å². The molecule has 1 aliphatic rings. The van der Waals surface area contributed by atoms with E-state index in [2.05, 4.69) is 10.3 Å². The molecule has 0 aromatic carbocycles. The van der Waals surface area contributed by atoms with Crippen LogP contribution in [0, 0.1) is 0 Å². The highest BCUT2D eigenvalue weighted by molar-refractivity contribution is 7.89. The largest absolute Gasteiger partial charge is 0.358 e. The number of aromatic nitrogens is 1. The molecule has 1 aliphatic heterocycles. The van der Waals surface area contributed by atoms with Gasteiger partial charge in [-0.15, -0.1) is 0 Å². The van der Waals surface area contributed by atoms with E-state index < -0.39 is 10.0 Å². The molecule has 1 fully saturated rings. The first-order valence-electron chi connectivity index (χ1n) is 6.48. The quantitative estimate of drug-likeness (QED) is 0.771. The summed E-state index contributed by atoms with van der Waals surface area (Å²) in [5.74, 6) is -0.0818. The lowest BCUT2D eigenvalue weighted by Gasteiger charge is -2.33. The molecule has 7 nitrogen and oxygen atoms in total. The normalized spacial score (nSPS) is 17.6. The number of hydrogen-bond donors (Lipinski definition) is 1. The van der Waals surface area contributed by atoms with Gasteiger partial charge in [-0.05, 0) is 12.1 Å². The Bertz CT molecular complexity index is 615. The number of amides is 1. The van der Waals surface area contributed by atoms with E-state index in [-0.39, 0.29) is 22.5 Å². The Kier molecular flexibility index (Phi) is 5.15. The molecular formula is C12H17ClN4O3S. The van der Waals surface area contributed by atoms with Crippen molar-refractivity contribution in [2.24, 2.45) is 0 Å². The first-order valence-corrected chi connectivity index (χ1v) is 8.30.